The lowest BCUT2D eigenvalue weighted by molar-refractivity contribution is -0.313. The lowest BCUT2D eigenvalue weighted by atomic mass is 9.79. The fourth-order valence-corrected chi connectivity index (χ4v) is 5.12. The summed E-state index contributed by atoms with van der Waals surface area (Å²) >= 11 is 0. The van der Waals surface area contributed by atoms with Crippen molar-refractivity contribution in [2.24, 2.45) is 0 Å². The third-order valence-corrected chi connectivity index (χ3v) is 7.47. The molecule has 0 saturated heterocycles. The van der Waals surface area contributed by atoms with E-state index in [1.165, 1.54) is 22.4 Å². The Morgan fingerprint density at radius 3 is 2.46 bits per heavy atom. The number of amides is 1. The van der Waals surface area contributed by atoms with Gasteiger partial charge in [-0.2, -0.15) is 0 Å². The molecule has 3 heterocycles. The minimum absolute atomic E-state index is 0.0249. The molecule has 0 bridgehead atoms. The number of rotatable bonds is 8. The summed E-state index contributed by atoms with van der Waals surface area (Å²) < 4.78 is 10.4. The summed E-state index contributed by atoms with van der Waals surface area (Å²) in [6.45, 7) is 18.4. The molecule has 1 aromatic heterocycles. The van der Waals surface area contributed by atoms with Gasteiger partial charge in [0.25, 0.3) is 0 Å². The molecule has 0 saturated carbocycles. The second kappa shape index (κ2) is 11.1. The van der Waals surface area contributed by atoms with Crippen molar-refractivity contribution in [1.29, 1.82) is 0 Å². The molecule has 1 aromatic carbocycles. The van der Waals surface area contributed by atoms with Gasteiger partial charge in [0.15, 0.2) is 11.4 Å². The van der Waals surface area contributed by atoms with Gasteiger partial charge in [-0.3, -0.25) is 9.28 Å². The molecule has 4 rings (SSSR count). The third kappa shape index (κ3) is 6.16. The van der Waals surface area contributed by atoms with Crippen molar-refractivity contribution in [2.75, 3.05) is 13.7 Å². The van der Waals surface area contributed by atoms with Crippen LogP contribution in [-0.4, -0.2) is 41.8 Å². The van der Waals surface area contributed by atoms with Crippen molar-refractivity contribution in [3.63, 3.8) is 0 Å². The maximum Gasteiger partial charge on any atom is 0.700 e. The lowest BCUT2D eigenvalue weighted by Crippen LogP contribution is -2.31. The molecule has 2 aromatic rings. The van der Waals surface area contributed by atoms with Crippen molar-refractivity contribution < 1.29 is 14.0 Å². The molecule has 0 fully saturated rings. The largest absolute Gasteiger partial charge is 0.700 e. The summed E-state index contributed by atoms with van der Waals surface area (Å²) in [5.41, 5.74) is 9.36. The number of allylic oxidation sites excluding steroid dienone is 3. The lowest BCUT2D eigenvalue weighted by Gasteiger charge is -2.28. The van der Waals surface area contributed by atoms with Crippen LogP contribution in [-0.2, 0) is 22.0 Å². The van der Waals surface area contributed by atoms with Crippen molar-refractivity contribution in [3.05, 3.63) is 75.8 Å². The molecule has 39 heavy (non-hydrogen) atoms. The highest BCUT2D eigenvalue weighted by molar-refractivity contribution is 6.29. The molecule has 6 heteroatoms. The molecular weight excluding hydrogens is 481 g/mol. The van der Waals surface area contributed by atoms with E-state index in [0.29, 0.717) is 12.8 Å². The topological polar surface area (TPSA) is 46.3 Å². The number of nitrogens with one attached hydrogen (secondary N) is 1. The Bertz CT molecular complexity index is 1390. The zero-order chi connectivity index (χ0) is 28.5. The van der Waals surface area contributed by atoms with Crippen LogP contribution in [0.4, 0.5) is 0 Å². The van der Waals surface area contributed by atoms with Gasteiger partial charge in [0, 0.05) is 59.3 Å². The van der Waals surface area contributed by atoms with Gasteiger partial charge in [-0.15, -0.1) is 0 Å². The molecule has 0 aliphatic carbocycles. The minimum atomic E-state index is -0.0442. The third-order valence-electron chi connectivity index (χ3n) is 7.47. The number of methoxy groups -OCH3 is 1. The number of aromatic nitrogens is 1. The zero-order valence-electron chi connectivity index (χ0n) is 25.2. The summed E-state index contributed by atoms with van der Waals surface area (Å²) in [5.74, 6) is 1.04. The Balaban J connectivity index is 1.68. The summed E-state index contributed by atoms with van der Waals surface area (Å²) in [6, 6.07) is 8.83. The van der Waals surface area contributed by atoms with Crippen molar-refractivity contribution in [1.82, 2.24) is 9.79 Å². The highest BCUT2D eigenvalue weighted by Crippen LogP contribution is 2.39. The van der Waals surface area contributed by atoms with Crippen LogP contribution in [0.1, 0.15) is 96.3 Å². The number of benzene rings is 1. The van der Waals surface area contributed by atoms with Crippen LogP contribution < -0.4 is 10.1 Å². The first kappa shape index (κ1) is 28.7. The van der Waals surface area contributed by atoms with Crippen LogP contribution in [0.25, 0.3) is 12.2 Å². The number of carbonyl (C=O) groups excluding carboxylic acids is 1. The van der Waals surface area contributed by atoms with Crippen LogP contribution in [0.2, 0.25) is 0 Å². The molecule has 2 aliphatic heterocycles. The normalized spacial score (nSPS) is 15.1. The van der Waals surface area contributed by atoms with Crippen LogP contribution in [0.3, 0.4) is 0 Å². The van der Waals surface area contributed by atoms with E-state index < -0.39 is 0 Å². The molecule has 1 N–H and O–H groups in total. The number of nitrogens with zero attached hydrogens (tertiary/aromatic N) is 2. The van der Waals surface area contributed by atoms with Gasteiger partial charge < -0.3 is 14.5 Å². The number of carbonyl (C=O) groups is 1. The Labute approximate surface area is 235 Å². The molecule has 0 spiro atoms. The predicted octanol–water partition coefficient (Wildman–Crippen LogP) is 6.41. The average Bonchev–Trinajstić information content (AvgIpc) is 3.41. The smallest absolute Gasteiger partial charge is 0.496 e. The molecule has 1 amide bonds. The molecule has 1 radical (unpaired) electrons. The monoisotopic (exact) mass is 525 g/mol. The molecule has 2 aliphatic rings. The van der Waals surface area contributed by atoms with Gasteiger partial charge in [-0.1, -0.05) is 54.5 Å². The maximum atomic E-state index is 12.2. The summed E-state index contributed by atoms with van der Waals surface area (Å²) in [7, 11) is 3.92. The standard InChI is InChI=1S/C33H44BN3O2/c1-10-17-35-30(38)16-15-25-13-14-27-21-29-22(2)18-26(37(29)34-36(25)27)12-11-23-19-24(32(3,4)5)20-28(31(23)39-9)33(6,7)8/h11-14,18-21H,10,15-17H2,1-9H3,(H,35,38)/q+1. The summed E-state index contributed by atoms with van der Waals surface area (Å²) in [5, 5.41) is 2.98. The van der Waals surface area contributed by atoms with E-state index in [1.807, 2.05) is 0 Å². The van der Waals surface area contributed by atoms with Crippen molar-refractivity contribution in [3.8, 4) is 5.75 Å². The molecule has 0 atom stereocenters. The average molecular weight is 526 g/mol. The van der Waals surface area contributed by atoms with E-state index in [-0.39, 0.29) is 16.7 Å². The molecule has 205 valence electrons. The SMILES string of the molecule is CCCNC(=O)CCc1ccc2n1[B][N+]1=C(C=Cc3cc(C(C)(C)C)cc(C(C)(C)C)c3OC)C=C(C)C1=C2. The van der Waals surface area contributed by atoms with Gasteiger partial charge in [0.2, 0.25) is 5.91 Å². The summed E-state index contributed by atoms with van der Waals surface area (Å²) in [6.07, 6.45) is 11.0. The van der Waals surface area contributed by atoms with Gasteiger partial charge in [0.1, 0.15) is 5.75 Å². The van der Waals surface area contributed by atoms with Crippen molar-refractivity contribution >= 4 is 31.3 Å². The van der Waals surface area contributed by atoms with E-state index in [2.05, 4.69) is 126 Å². The second-order valence-corrected chi connectivity index (χ2v) is 12.7. The summed E-state index contributed by atoms with van der Waals surface area (Å²) in [4.78, 5) is 12.2. The van der Waals surface area contributed by atoms with E-state index >= 15 is 0 Å². The van der Waals surface area contributed by atoms with Crippen LogP contribution in [0.15, 0.2) is 47.7 Å². The van der Waals surface area contributed by atoms with E-state index in [0.717, 1.165) is 41.4 Å². The first-order valence-corrected chi connectivity index (χ1v) is 14.1. The highest BCUT2D eigenvalue weighted by Gasteiger charge is 2.35. The predicted molar refractivity (Wildman–Crippen MR) is 164 cm³/mol. The Morgan fingerprint density at radius 2 is 1.82 bits per heavy atom. The minimum Gasteiger partial charge on any atom is -0.496 e. The second-order valence-electron chi connectivity index (χ2n) is 12.7. The number of hydrogen-bond donors (Lipinski definition) is 1. The van der Waals surface area contributed by atoms with Gasteiger partial charge in [0.05, 0.1) is 7.11 Å². The first-order chi connectivity index (χ1) is 18.3. The van der Waals surface area contributed by atoms with Crippen molar-refractivity contribution in [2.45, 2.75) is 85.5 Å². The maximum absolute atomic E-state index is 12.2. The number of aryl methyl sites for hydroxylation is 1. The Kier molecular flexibility index (Phi) is 8.16. The fraction of sp³-hybridized carbons (Fsp3) is 0.455. The molecule has 0 unspecified atom stereocenters. The number of fused-ring (bicyclic) bond motifs is 2. The van der Waals surface area contributed by atoms with Gasteiger partial charge in [-0.05, 0) is 60.4 Å². The zero-order valence-corrected chi connectivity index (χ0v) is 25.2. The number of ether oxygens (including phenoxy) is 1. The van der Waals surface area contributed by atoms with Gasteiger partial charge >= 0.3 is 7.55 Å². The first-order valence-electron chi connectivity index (χ1n) is 14.1. The molecular formula is C33H44BN3O2+. The van der Waals surface area contributed by atoms with Gasteiger partial charge in [-0.25, -0.2) is 0 Å². The molecule has 5 nitrogen and oxygen atoms in total. The Morgan fingerprint density at radius 1 is 1.08 bits per heavy atom. The van der Waals surface area contributed by atoms with Crippen LogP contribution >= 0.6 is 0 Å². The van der Waals surface area contributed by atoms with E-state index in [4.69, 9.17) is 4.74 Å². The van der Waals surface area contributed by atoms with E-state index in [9.17, 15) is 4.79 Å². The van der Waals surface area contributed by atoms with Crippen LogP contribution in [0, 0.1) is 0 Å². The Hall–Kier alpha value is -3.28. The number of hydrogen-bond acceptors (Lipinski definition) is 2. The van der Waals surface area contributed by atoms with Crippen LogP contribution in [0.5, 0.6) is 5.75 Å². The highest BCUT2D eigenvalue weighted by atomic mass is 16.5. The van der Waals surface area contributed by atoms with E-state index in [1.54, 1.807) is 7.11 Å². The quantitative estimate of drug-likeness (QED) is 0.405. The fourth-order valence-electron chi connectivity index (χ4n) is 5.12.